The summed E-state index contributed by atoms with van der Waals surface area (Å²) in [5, 5.41) is 13.8. The quantitative estimate of drug-likeness (QED) is 0.468. The minimum Gasteiger partial charge on any atom is -0.473 e. The van der Waals surface area contributed by atoms with Crippen LogP contribution in [-0.4, -0.2) is 21.9 Å². The number of ether oxygens (including phenoxy) is 2. The molecule has 1 heterocycles. The third kappa shape index (κ3) is 5.29. The van der Waals surface area contributed by atoms with Crippen molar-refractivity contribution in [2.45, 2.75) is 20.0 Å². The number of anilines is 1. The van der Waals surface area contributed by atoms with Crippen molar-refractivity contribution in [2.24, 2.45) is 0 Å². The first-order valence-electron chi connectivity index (χ1n) is 8.85. The van der Waals surface area contributed by atoms with Crippen molar-refractivity contribution >= 4 is 17.4 Å². The molecule has 0 saturated carbocycles. The van der Waals surface area contributed by atoms with Gasteiger partial charge in [0.05, 0.1) is 0 Å². The molecule has 0 spiro atoms. The lowest BCUT2D eigenvalue weighted by Crippen LogP contribution is -2.30. The van der Waals surface area contributed by atoms with E-state index < -0.39 is 22.8 Å². The molecular formula is C21H19N3O5. The number of aromatic nitrogens is 1. The van der Waals surface area contributed by atoms with Gasteiger partial charge in [0.15, 0.2) is 6.10 Å². The van der Waals surface area contributed by atoms with E-state index in [4.69, 9.17) is 9.47 Å². The van der Waals surface area contributed by atoms with Crippen molar-refractivity contribution in [1.29, 1.82) is 0 Å². The maximum absolute atomic E-state index is 12.4. The van der Waals surface area contributed by atoms with Gasteiger partial charge in [0, 0.05) is 12.6 Å². The summed E-state index contributed by atoms with van der Waals surface area (Å²) in [6, 6.07) is 19.2. The first-order chi connectivity index (χ1) is 13.9. The summed E-state index contributed by atoms with van der Waals surface area (Å²) in [5.41, 5.74) is 1.03. The number of carbonyl (C=O) groups is 1. The monoisotopic (exact) mass is 393 g/mol. The minimum atomic E-state index is -0.960. The molecular weight excluding hydrogens is 374 g/mol. The predicted molar refractivity (Wildman–Crippen MR) is 107 cm³/mol. The Morgan fingerprint density at radius 1 is 1.03 bits per heavy atom. The molecule has 1 aromatic heterocycles. The first-order valence-corrected chi connectivity index (χ1v) is 8.85. The fraction of sp³-hybridized carbons (Fsp3) is 0.143. The number of hydrogen-bond donors (Lipinski definition) is 1. The van der Waals surface area contributed by atoms with Crippen molar-refractivity contribution in [2.75, 3.05) is 5.32 Å². The van der Waals surface area contributed by atoms with Crippen LogP contribution in [0.5, 0.6) is 17.2 Å². The number of carbonyl (C=O) groups excluding carboxylic acids is 1. The molecule has 0 aliphatic heterocycles. The van der Waals surface area contributed by atoms with Crippen LogP contribution in [-0.2, 0) is 4.79 Å². The van der Waals surface area contributed by atoms with Crippen LogP contribution in [0.2, 0.25) is 0 Å². The fourth-order valence-corrected chi connectivity index (χ4v) is 2.47. The second-order valence-corrected chi connectivity index (χ2v) is 6.22. The lowest BCUT2D eigenvalue weighted by Gasteiger charge is -2.15. The zero-order valence-corrected chi connectivity index (χ0v) is 15.9. The SMILES string of the molecule is Cc1ccc(OC(C)C(=O)Nc2ccc(Oc3ccccc3)cc2)c([N+](=O)[O-])n1. The van der Waals surface area contributed by atoms with E-state index in [-0.39, 0.29) is 5.75 Å². The van der Waals surface area contributed by atoms with Gasteiger partial charge >= 0.3 is 5.82 Å². The van der Waals surface area contributed by atoms with E-state index in [1.54, 1.807) is 37.3 Å². The topological polar surface area (TPSA) is 104 Å². The number of pyridine rings is 1. The molecule has 0 saturated heterocycles. The Bertz CT molecular complexity index is 1010. The van der Waals surface area contributed by atoms with Crippen LogP contribution in [0.25, 0.3) is 0 Å². The van der Waals surface area contributed by atoms with E-state index in [2.05, 4.69) is 10.3 Å². The minimum absolute atomic E-state index is 0.0603. The smallest absolute Gasteiger partial charge is 0.406 e. The molecule has 8 nitrogen and oxygen atoms in total. The number of hydrogen-bond acceptors (Lipinski definition) is 6. The Hall–Kier alpha value is -3.94. The van der Waals surface area contributed by atoms with Gasteiger partial charge in [0.2, 0.25) is 5.75 Å². The van der Waals surface area contributed by atoms with E-state index in [1.807, 2.05) is 30.3 Å². The number of aryl methyl sites for hydroxylation is 1. The Labute approximate surface area is 167 Å². The van der Waals surface area contributed by atoms with Crippen LogP contribution in [0.4, 0.5) is 11.5 Å². The Morgan fingerprint density at radius 2 is 1.69 bits per heavy atom. The summed E-state index contributed by atoms with van der Waals surface area (Å²) in [4.78, 5) is 26.7. The van der Waals surface area contributed by atoms with Crippen molar-refractivity contribution < 1.29 is 19.2 Å². The number of rotatable bonds is 7. The van der Waals surface area contributed by atoms with Crippen LogP contribution in [0.3, 0.4) is 0 Å². The Morgan fingerprint density at radius 3 is 2.34 bits per heavy atom. The zero-order chi connectivity index (χ0) is 20.8. The number of nitro groups is 1. The fourth-order valence-electron chi connectivity index (χ4n) is 2.47. The van der Waals surface area contributed by atoms with Gasteiger partial charge in [-0.2, -0.15) is 0 Å². The zero-order valence-electron chi connectivity index (χ0n) is 15.9. The summed E-state index contributed by atoms with van der Waals surface area (Å²) in [6.07, 6.45) is -0.960. The maximum Gasteiger partial charge on any atom is 0.406 e. The molecule has 2 aromatic carbocycles. The Balaban J connectivity index is 1.62. The number of nitrogens with zero attached hydrogens (tertiary/aromatic N) is 2. The highest BCUT2D eigenvalue weighted by molar-refractivity contribution is 5.94. The molecule has 29 heavy (non-hydrogen) atoms. The second kappa shape index (κ2) is 8.83. The van der Waals surface area contributed by atoms with E-state index in [0.29, 0.717) is 22.9 Å². The standard InChI is InChI=1S/C21H19N3O5/c1-14-8-13-19(20(22-14)24(26)27)28-15(2)21(25)23-16-9-11-18(12-10-16)29-17-6-4-3-5-7-17/h3-13,15H,1-2H3,(H,23,25). The molecule has 0 bridgehead atoms. The number of amides is 1. The molecule has 1 N–H and O–H groups in total. The molecule has 148 valence electrons. The molecule has 3 rings (SSSR count). The van der Waals surface area contributed by atoms with Crippen molar-refractivity contribution in [3.8, 4) is 17.2 Å². The normalized spacial score (nSPS) is 11.4. The highest BCUT2D eigenvalue weighted by Crippen LogP contribution is 2.26. The van der Waals surface area contributed by atoms with Crippen LogP contribution in [0.15, 0.2) is 66.7 Å². The Kier molecular flexibility index (Phi) is 6.03. The second-order valence-electron chi connectivity index (χ2n) is 6.22. The molecule has 1 atom stereocenters. The third-order valence-corrected chi connectivity index (χ3v) is 3.93. The summed E-state index contributed by atoms with van der Waals surface area (Å²) >= 11 is 0. The maximum atomic E-state index is 12.4. The summed E-state index contributed by atoms with van der Waals surface area (Å²) in [6.45, 7) is 3.14. The van der Waals surface area contributed by atoms with Gasteiger partial charge in [-0.25, -0.2) is 0 Å². The van der Waals surface area contributed by atoms with Gasteiger partial charge in [0.1, 0.15) is 17.2 Å². The molecule has 1 unspecified atom stereocenters. The molecule has 0 aliphatic rings. The van der Waals surface area contributed by atoms with Crippen molar-refractivity contribution in [3.63, 3.8) is 0 Å². The first kappa shape index (κ1) is 19.8. The van der Waals surface area contributed by atoms with Crippen LogP contribution >= 0.6 is 0 Å². The van der Waals surface area contributed by atoms with E-state index in [9.17, 15) is 14.9 Å². The van der Waals surface area contributed by atoms with Gasteiger partial charge in [0.25, 0.3) is 5.91 Å². The lowest BCUT2D eigenvalue weighted by molar-refractivity contribution is -0.390. The van der Waals surface area contributed by atoms with Gasteiger partial charge in [-0.3, -0.25) is 4.79 Å². The number of benzene rings is 2. The largest absolute Gasteiger partial charge is 0.473 e. The summed E-state index contributed by atoms with van der Waals surface area (Å²) in [7, 11) is 0. The van der Waals surface area contributed by atoms with E-state index in [0.717, 1.165) is 0 Å². The van der Waals surface area contributed by atoms with Crippen molar-refractivity contribution in [3.05, 3.63) is 82.5 Å². The average molecular weight is 393 g/mol. The lowest BCUT2D eigenvalue weighted by atomic mass is 10.2. The van der Waals surface area contributed by atoms with Crippen molar-refractivity contribution in [1.82, 2.24) is 4.98 Å². The van der Waals surface area contributed by atoms with Gasteiger partial charge in [-0.15, -0.1) is 0 Å². The van der Waals surface area contributed by atoms with E-state index in [1.165, 1.54) is 13.0 Å². The highest BCUT2D eigenvalue weighted by Gasteiger charge is 2.23. The molecule has 0 aliphatic carbocycles. The molecule has 0 radical (unpaired) electrons. The van der Waals surface area contributed by atoms with E-state index >= 15 is 0 Å². The molecule has 0 fully saturated rings. The summed E-state index contributed by atoms with van der Waals surface area (Å²) in [5.74, 6) is 0.401. The number of nitrogens with one attached hydrogen (secondary N) is 1. The van der Waals surface area contributed by atoms with Crippen LogP contribution in [0, 0.1) is 17.0 Å². The average Bonchev–Trinajstić information content (AvgIpc) is 2.71. The molecule has 3 aromatic rings. The summed E-state index contributed by atoms with van der Waals surface area (Å²) < 4.78 is 11.2. The van der Waals surface area contributed by atoms with Gasteiger partial charge < -0.3 is 24.9 Å². The highest BCUT2D eigenvalue weighted by atomic mass is 16.6. The predicted octanol–water partition coefficient (Wildman–Crippen LogP) is 4.50. The van der Waals surface area contributed by atoms with Crippen LogP contribution < -0.4 is 14.8 Å². The molecule has 8 heteroatoms. The van der Waals surface area contributed by atoms with Crippen LogP contribution in [0.1, 0.15) is 12.6 Å². The van der Waals surface area contributed by atoms with Gasteiger partial charge in [-0.1, -0.05) is 18.2 Å². The molecule has 1 amide bonds. The number of para-hydroxylation sites is 1. The third-order valence-electron chi connectivity index (χ3n) is 3.93. The van der Waals surface area contributed by atoms with Gasteiger partial charge in [-0.05, 0) is 65.4 Å².